The summed E-state index contributed by atoms with van der Waals surface area (Å²) in [5.74, 6) is 0.263. The minimum absolute atomic E-state index is 0. The fourth-order valence-corrected chi connectivity index (χ4v) is 2.33. The zero-order valence-corrected chi connectivity index (χ0v) is 13.1. The van der Waals surface area contributed by atoms with Crippen LogP contribution in [0.15, 0.2) is 35.6 Å². The maximum Gasteiger partial charge on any atom is 0.245 e. The molecule has 22 heavy (non-hydrogen) atoms. The summed E-state index contributed by atoms with van der Waals surface area (Å²) in [5, 5.41) is 2.38. The Morgan fingerprint density at radius 2 is 1.82 bits per heavy atom. The predicted octanol–water partition coefficient (Wildman–Crippen LogP) is 2.47. The molecular weight excluding hydrogens is 306 g/mol. The summed E-state index contributed by atoms with van der Waals surface area (Å²) in [6.45, 7) is 0.695. The van der Waals surface area contributed by atoms with Gasteiger partial charge in [-0.25, -0.2) is 5.43 Å². The van der Waals surface area contributed by atoms with Gasteiger partial charge in [0.2, 0.25) is 5.91 Å². The fourth-order valence-electron chi connectivity index (χ4n) is 2.33. The van der Waals surface area contributed by atoms with Gasteiger partial charge in [0, 0.05) is 11.5 Å². The van der Waals surface area contributed by atoms with Crippen molar-refractivity contribution in [1.29, 1.82) is 0 Å². The number of aldehydes is 1. The van der Waals surface area contributed by atoms with Crippen LogP contribution in [0, 0.1) is 16.7 Å². The third kappa shape index (κ3) is 7.28. The normalized spacial score (nSPS) is 19.7. The van der Waals surface area contributed by atoms with Gasteiger partial charge >= 0.3 is 0 Å². The monoisotopic (exact) mass is 327 g/mol. The van der Waals surface area contributed by atoms with E-state index in [1.165, 1.54) is 0 Å². The number of carbonyl (C=O) groups is 2. The Labute approximate surface area is 136 Å². The van der Waals surface area contributed by atoms with E-state index in [-0.39, 0.29) is 24.2 Å². The van der Waals surface area contributed by atoms with Crippen LogP contribution < -0.4 is 11.2 Å². The van der Waals surface area contributed by atoms with Crippen molar-refractivity contribution >= 4 is 24.6 Å². The highest BCUT2D eigenvalue weighted by atomic mass is 35.5. The molecule has 1 aliphatic rings. The molecule has 0 radical (unpaired) electrons. The molecule has 1 aliphatic carbocycles. The number of nitrogens with two attached hydrogens (primary N) is 1. The van der Waals surface area contributed by atoms with Crippen molar-refractivity contribution in [2.45, 2.75) is 25.7 Å². The number of nitroso groups, excluding NO2 is 1. The second-order valence-electron chi connectivity index (χ2n) is 5.05. The van der Waals surface area contributed by atoms with Crippen LogP contribution in [0.5, 0.6) is 0 Å². The van der Waals surface area contributed by atoms with Gasteiger partial charge in [-0.05, 0) is 38.1 Å². The lowest BCUT2D eigenvalue weighted by Gasteiger charge is -2.25. The molecule has 0 atom stereocenters. The Hall–Kier alpha value is -1.79. The molecule has 1 fully saturated rings. The Bertz CT molecular complexity index is 449. The molecule has 2 rings (SSSR count). The molecule has 0 unspecified atom stereocenters. The van der Waals surface area contributed by atoms with Crippen LogP contribution in [0.25, 0.3) is 0 Å². The molecule has 6 nitrogen and oxygen atoms in total. The zero-order valence-electron chi connectivity index (χ0n) is 12.3. The summed E-state index contributed by atoms with van der Waals surface area (Å²) in [6, 6.07) is 9.10. The van der Waals surface area contributed by atoms with Gasteiger partial charge in [0.05, 0.1) is 5.29 Å². The first-order valence-corrected chi connectivity index (χ1v) is 7.03. The molecular formula is C15H22ClN3O3. The Kier molecular flexibility index (Phi) is 10.9. The third-order valence-electron chi connectivity index (χ3n) is 3.64. The van der Waals surface area contributed by atoms with Crippen molar-refractivity contribution in [2.75, 3.05) is 6.54 Å². The number of hydrogen-bond acceptors (Lipinski definition) is 5. The average molecular weight is 328 g/mol. The van der Waals surface area contributed by atoms with Gasteiger partial charge in [-0.15, -0.1) is 17.3 Å². The van der Waals surface area contributed by atoms with E-state index in [0.717, 1.165) is 37.5 Å². The molecule has 0 heterocycles. The molecule has 0 aromatic heterocycles. The van der Waals surface area contributed by atoms with E-state index in [2.05, 4.69) is 5.29 Å². The minimum Gasteiger partial charge on any atom is -0.330 e. The number of hydrogen-bond donors (Lipinski definition) is 2. The number of amides is 1. The standard InChI is InChI=1S/C8H15N3O2.C7H6O.ClH/c9-5-6-1-3-7(4-2-6)8(12)10-11-13;8-6-7-4-2-1-3-5-7;/h6-7H,1-5,9H2,(H,10,12,13);1-6H;1H. The average Bonchev–Trinajstić information content (AvgIpc) is 2.56. The number of carbonyl (C=O) groups excluding carboxylic acids is 2. The van der Waals surface area contributed by atoms with E-state index >= 15 is 0 Å². The van der Waals surface area contributed by atoms with Crippen LogP contribution in [0.3, 0.4) is 0 Å². The molecule has 0 saturated heterocycles. The topological polar surface area (TPSA) is 102 Å². The number of nitrogens with zero attached hydrogens (tertiary/aromatic N) is 1. The number of rotatable bonds is 4. The van der Waals surface area contributed by atoms with Gasteiger partial charge in [0.15, 0.2) is 0 Å². The summed E-state index contributed by atoms with van der Waals surface area (Å²) < 4.78 is 0. The second-order valence-corrected chi connectivity index (χ2v) is 5.05. The minimum atomic E-state index is -0.245. The van der Waals surface area contributed by atoms with E-state index in [4.69, 9.17) is 5.73 Å². The summed E-state index contributed by atoms with van der Waals surface area (Å²) in [4.78, 5) is 30.9. The van der Waals surface area contributed by atoms with Crippen molar-refractivity contribution in [3.63, 3.8) is 0 Å². The van der Waals surface area contributed by atoms with Gasteiger partial charge in [-0.2, -0.15) is 0 Å². The number of halogens is 1. The SMILES string of the molecule is Cl.NCC1CCC(C(=O)NN=O)CC1.O=Cc1ccccc1. The summed E-state index contributed by atoms with van der Waals surface area (Å²) in [6.07, 6.45) is 4.44. The maximum absolute atomic E-state index is 11.2. The molecule has 122 valence electrons. The molecule has 0 bridgehead atoms. The molecule has 1 aromatic rings. The lowest BCUT2D eigenvalue weighted by atomic mass is 9.82. The first-order valence-electron chi connectivity index (χ1n) is 7.03. The van der Waals surface area contributed by atoms with Crippen LogP contribution in [0.1, 0.15) is 36.0 Å². The van der Waals surface area contributed by atoms with Gasteiger partial charge < -0.3 is 5.73 Å². The van der Waals surface area contributed by atoms with Gasteiger partial charge in [0.1, 0.15) is 6.29 Å². The predicted molar refractivity (Wildman–Crippen MR) is 87.5 cm³/mol. The molecule has 0 aliphatic heterocycles. The Morgan fingerprint density at radius 3 is 2.23 bits per heavy atom. The fraction of sp³-hybridized carbons (Fsp3) is 0.467. The Morgan fingerprint density at radius 1 is 1.23 bits per heavy atom. The summed E-state index contributed by atoms with van der Waals surface area (Å²) in [5.41, 5.74) is 8.19. The number of nitrogens with one attached hydrogen (secondary N) is 1. The van der Waals surface area contributed by atoms with Crippen LogP contribution >= 0.6 is 12.4 Å². The smallest absolute Gasteiger partial charge is 0.245 e. The third-order valence-corrected chi connectivity index (χ3v) is 3.64. The maximum atomic E-state index is 11.2. The molecule has 1 amide bonds. The quantitative estimate of drug-likeness (QED) is 0.504. The first-order chi connectivity index (χ1) is 10.2. The zero-order chi connectivity index (χ0) is 15.5. The van der Waals surface area contributed by atoms with E-state index in [1.807, 2.05) is 23.6 Å². The van der Waals surface area contributed by atoms with Gasteiger partial charge in [0.25, 0.3) is 0 Å². The van der Waals surface area contributed by atoms with Crippen LogP contribution in [0.4, 0.5) is 0 Å². The second kappa shape index (κ2) is 11.8. The van der Waals surface area contributed by atoms with E-state index < -0.39 is 0 Å². The molecule has 3 N–H and O–H groups in total. The number of benzene rings is 1. The molecule has 0 spiro atoms. The van der Waals surface area contributed by atoms with Gasteiger partial charge in [-0.3, -0.25) is 9.59 Å². The van der Waals surface area contributed by atoms with Gasteiger partial charge in [-0.1, -0.05) is 30.3 Å². The molecule has 1 aromatic carbocycles. The molecule has 1 saturated carbocycles. The highest BCUT2D eigenvalue weighted by molar-refractivity contribution is 5.85. The van der Waals surface area contributed by atoms with E-state index in [1.54, 1.807) is 12.1 Å². The lowest BCUT2D eigenvalue weighted by Crippen LogP contribution is -2.31. The highest BCUT2D eigenvalue weighted by Gasteiger charge is 2.25. The first kappa shape index (κ1) is 20.2. The highest BCUT2D eigenvalue weighted by Crippen LogP contribution is 2.27. The van der Waals surface area contributed by atoms with E-state index in [9.17, 15) is 14.5 Å². The van der Waals surface area contributed by atoms with Crippen molar-refractivity contribution in [3.05, 3.63) is 40.8 Å². The van der Waals surface area contributed by atoms with E-state index in [0.29, 0.717) is 12.5 Å². The summed E-state index contributed by atoms with van der Waals surface area (Å²) in [7, 11) is 0. The van der Waals surface area contributed by atoms with Crippen molar-refractivity contribution in [2.24, 2.45) is 22.9 Å². The van der Waals surface area contributed by atoms with Crippen molar-refractivity contribution in [3.8, 4) is 0 Å². The van der Waals surface area contributed by atoms with Crippen molar-refractivity contribution in [1.82, 2.24) is 5.43 Å². The lowest BCUT2D eigenvalue weighted by molar-refractivity contribution is -0.126. The van der Waals surface area contributed by atoms with Crippen LogP contribution in [0.2, 0.25) is 0 Å². The largest absolute Gasteiger partial charge is 0.330 e. The van der Waals surface area contributed by atoms with Crippen LogP contribution in [-0.4, -0.2) is 18.7 Å². The molecule has 7 heteroatoms. The van der Waals surface area contributed by atoms with Crippen molar-refractivity contribution < 1.29 is 9.59 Å². The Balaban J connectivity index is 0.000000423. The summed E-state index contributed by atoms with van der Waals surface area (Å²) >= 11 is 0. The van der Waals surface area contributed by atoms with Crippen LogP contribution in [-0.2, 0) is 4.79 Å².